The Morgan fingerprint density at radius 1 is 0.446 bits per heavy atom. The fourth-order valence-electron chi connectivity index (χ4n) is 9.38. The van der Waals surface area contributed by atoms with Gasteiger partial charge in [-0.15, -0.1) is 0 Å². The van der Waals surface area contributed by atoms with Crippen LogP contribution in [0.2, 0.25) is 0 Å². The van der Waals surface area contributed by atoms with E-state index >= 15 is 0 Å². The molecule has 1 aromatic heterocycles. The van der Waals surface area contributed by atoms with Gasteiger partial charge < -0.3 is 4.57 Å². The molecule has 0 bridgehead atoms. The van der Waals surface area contributed by atoms with Crippen LogP contribution >= 0.6 is 0 Å². The van der Waals surface area contributed by atoms with E-state index in [0.29, 0.717) is 5.92 Å². The van der Waals surface area contributed by atoms with E-state index in [2.05, 4.69) is 213 Å². The van der Waals surface area contributed by atoms with Crippen molar-refractivity contribution in [3.8, 4) is 39.1 Å². The molecule has 1 aliphatic rings. The van der Waals surface area contributed by atoms with Gasteiger partial charge >= 0.3 is 0 Å². The molecule has 0 aliphatic heterocycles. The minimum atomic E-state index is 0.00845. The van der Waals surface area contributed by atoms with Crippen LogP contribution in [-0.2, 0) is 18.3 Å². The lowest BCUT2D eigenvalue weighted by Gasteiger charge is -2.22. The van der Waals surface area contributed by atoms with Crippen molar-refractivity contribution < 1.29 is 0 Å². The third-order valence-electron chi connectivity index (χ3n) is 12.3. The van der Waals surface area contributed by atoms with E-state index in [0.717, 1.165) is 19.3 Å². The summed E-state index contributed by atoms with van der Waals surface area (Å²) in [6.07, 6.45) is 3.10. The lowest BCUT2D eigenvalue weighted by atomic mass is 9.81. The summed E-state index contributed by atoms with van der Waals surface area (Å²) in [7, 11) is 0. The first-order valence-electron chi connectivity index (χ1n) is 20.1. The molecule has 0 fully saturated rings. The van der Waals surface area contributed by atoms with Crippen molar-refractivity contribution in [2.24, 2.45) is 0 Å². The van der Waals surface area contributed by atoms with Gasteiger partial charge in [0.05, 0.1) is 11.0 Å². The summed E-state index contributed by atoms with van der Waals surface area (Å²) >= 11 is 0. The van der Waals surface area contributed by atoms with Gasteiger partial charge in [0.25, 0.3) is 0 Å². The van der Waals surface area contributed by atoms with Crippen molar-refractivity contribution in [1.82, 2.24) is 4.57 Å². The highest BCUT2D eigenvalue weighted by molar-refractivity contribution is 6.10. The highest BCUT2D eigenvalue weighted by Gasteiger charge is 2.35. The first-order valence-corrected chi connectivity index (χ1v) is 20.1. The Morgan fingerprint density at radius 3 is 1.93 bits per heavy atom. The van der Waals surface area contributed by atoms with Gasteiger partial charge in [-0.05, 0) is 117 Å². The molecule has 0 spiro atoms. The number of nitrogens with zero attached hydrogens (tertiary/aromatic N) is 1. The van der Waals surface area contributed by atoms with Gasteiger partial charge in [-0.25, -0.2) is 0 Å². The molecular formula is C55H45N. The van der Waals surface area contributed by atoms with Gasteiger partial charge in [0.15, 0.2) is 0 Å². The number of aromatic nitrogens is 1. The zero-order chi connectivity index (χ0) is 37.6. The third-order valence-corrected chi connectivity index (χ3v) is 12.3. The summed E-state index contributed by atoms with van der Waals surface area (Å²) in [5.41, 5.74) is 18.6. The van der Waals surface area contributed by atoms with Gasteiger partial charge in [0.1, 0.15) is 0 Å². The molecule has 1 aliphatic carbocycles. The molecule has 9 aromatic rings. The first-order chi connectivity index (χ1) is 27.5. The second-order valence-electron chi connectivity index (χ2n) is 16.1. The molecule has 1 atom stereocenters. The van der Waals surface area contributed by atoms with Crippen molar-refractivity contribution in [2.45, 2.75) is 44.4 Å². The van der Waals surface area contributed by atoms with E-state index in [4.69, 9.17) is 0 Å². The highest BCUT2D eigenvalue weighted by atomic mass is 15.0. The van der Waals surface area contributed by atoms with Crippen molar-refractivity contribution in [3.63, 3.8) is 0 Å². The topological polar surface area (TPSA) is 4.93 Å². The fourth-order valence-corrected chi connectivity index (χ4v) is 9.38. The van der Waals surface area contributed by atoms with E-state index < -0.39 is 0 Å². The van der Waals surface area contributed by atoms with Crippen LogP contribution in [0.1, 0.15) is 54.0 Å². The van der Waals surface area contributed by atoms with Crippen LogP contribution in [0.15, 0.2) is 194 Å². The molecule has 1 unspecified atom stereocenters. The number of para-hydroxylation sites is 2. The lowest BCUT2D eigenvalue weighted by molar-refractivity contribution is 0.618. The average molecular weight is 720 g/mol. The van der Waals surface area contributed by atoms with Gasteiger partial charge in [0, 0.05) is 21.9 Å². The quantitative estimate of drug-likeness (QED) is 0.140. The van der Waals surface area contributed by atoms with Crippen LogP contribution in [0.4, 0.5) is 0 Å². The molecule has 0 N–H and O–H groups in total. The molecule has 1 nitrogen and oxygen atoms in total. The molecule has 1 heterocycles. The Hall–Kier alpha value is -6.44. The number of hydrogen-bond acceptors (Lipinski definition) is 0. The van der Waals surface area contributed by atoms with Crippen molar-refractivity contribution in [2.75, 3.05) is 0 Å². The maximum atomic E-state index is 2.50. The van der Waals surface area contributed by atoms with Crippen LogP contribution in [0.25, 0.3) is 60.9 Å². The Labute approximate surface area is 330 Å². The minimum absolute atomic E-state index is 0.00845. The van der Waals surface area contributed by atoms with Crippen LogP contribution in [-0.4, -0.2) is 4.57 Å². The largest absolute Gasteiger partial charge is 0.309 e. The van der Waals surface area contributed by atoms with Crippen LogP contribution < -0.4 is 0 Å². The predicted octanol–water partition coefficient (Wildman–Crippen LogP) is 14.4. The Kier molecular flexibility index (Phi) is 8.52. The minimum Gasteiger partial charge on any atom is -0.309 e. The Bertz CT molecular complexity index is 2840. The normalized spacial score (nSPS) is 13.5. The van der Waals surface area contributed by atoms with E-state index in [9.17, 15) is 0 Å². The SMILES string of the molecule is CC1(C)c2ccccc2-c2ccc(CCC(Cc3cccc(-c4ccccc4)c3)c3ccc(-c4ccc5c(c4)c4ccccc4n5-c4ccccc4)cc3)cc21. The summed E-state index contributed by atoms with van der Waals surface area (Å²) in [4.78, 5) is 0. The van der Waals surface area contributed by atoms with Crippen molar-refractivity contribution >= 4 is 21.8 Å². The van der Waals surface area contributed by atoms with Gasteiger partial charge in [-0.3, -0.25) is 0 Å². The monoisotopic (exact) mass is 719 g/mol. The Balaban J connectivity index is 0.977. The van der Waals surface area contributed by atoms with Crippen molar-refractivity contribution in [3.05, 3.63) is 222 Å². The molecular weight excluding hydrogens is 675 g/mol. The molecule has 10 rings (SSSR count). The number of hydrogen-bond donors (Lipinski definition) is 0. The standard InChI is InChI=1S/C55H45N/c1-55(2)51-22-11-9-20-47(51)48-32-25-38(36-52(48)55)24-26-44(35-39-14-13-17-43(34-39)40-15-5-3-6-16-40)41-27-29-42(30-28-41)45-31-33-54-50(37-45)49-21-10-12-23-53(49)56(54)46-18-7-4-8-19-46/h3-23,25,27-34,36-37,44H,24,26,35H2,1-2H3. The molecule has 0 radical (unpaired) electrons. The van der Waals surface area contributed by atoms with E-state index in [1.165, 1.54) is 88.7 Å². The van der Waals surface area contributed by atoms with Gasteiger partial charge in [-0.2, -0.15) is 0 Å². The second-order valence-corrected chi connectivity index (χ2v) is 16.1. The first kappa shape index (κ1) is 34.1. The molecule has 0 amide bonds. The smallest absolute Gasteiger partial charge is 0.0541 e. The third kappa shape index (κ3) is 6.05. The zero-order valence-electron chi connectivity index (χ0n) is 32.1. The summed E-state index contributed by atoms with van der Waals surface area (Å²) in [6.45, 7) is 4.76. The predicted molar refractivity (Wildman–Crippen MR) is 237 cm³/mol. The average Bonchev–Trinajstić information content (AvgIpc) is 3.71. The van der Waals surface area contributed by atoms with Crippen molar-refractivity contribution in [1.29, 1.82) is 0 Å². The molecule has 8 aromatic carbocycles. The number of rotatable bonds is 9. The molecule has 270 valence electrons. The number of benzene rings is 8. The van der Waals surface area contributed by atoms with E-state index in [1.54, 1.807) is 0 Å². The fraction of sp³-hybridized carbons (Fsp3) is 0.127. The highest BCUT2D eigenvalue weighted by Crippen LogP contribution is 2.49. The zero-order valence-corrected chi connectivity index (χ0v) is 32.1. The number of fused-ring (bicyclic) bond motifs is 6. The molecule has 0 saturated heterocycles. The van der Waals surface area contributed by atoms with Gasteiger partial charge in [-0.1, -0.05) is 178 Å². The van der Waals surface area contributed by atoms with E-state index in [1.807, 2.05) is 0 Å². The molecule has 0 saturated carbocycles. The van der Waals surface area contributed by atoms with Crippen LogP contribution in [0.5, 0.6) is 0 Å². The summed E-state index contributed by atoms with van der Waals surface area (Å²) < 4.78 is 2.38. The summed E-state index contributed by atoms with van der Waals surface area (Å²) in [5.74, 6) is 0.375. The Morgan fingerprint density at radius 2 is 1.09 bits per heavy atom. The van der Waals surface area contributed by atoms with E-state index in [-0.39, 0.29) is 5.41 Å². The van der Waals surface area contributed by atoms with Crippen LogP contribution in [0, 0.1) is 0 Å². The van der Waals surface area contributed by atoms with Gasteiger partial charge in [0.2, 0.25) is 0 Å². The molecule has 56 heavy (non-hydrogen) atoms. The second kappa shape index (κ2) is 14.0. The number of aryl methyl sites for hydroxylation is 1. The summed E-state index contributed by atoms with van der Waals surface area (Å²) in [6, 6.07) is 72.0. The summed E-state index contributed by atoms with van der Waals surface area (Å²) in [5, 5.41) is 2.56. The maximum Gasteiger partial charge on any atom is 0.0541 e. The maximum absolute atomic E-state index is 2.50. The van der Waals surface area contributed by atoms with Crippen LogP contribution in [0.3, 0.4) is 0 Å². The molecule has 1 heteroatoms. The lowest BCUT2D eigenvalue weighted by Crippen LogP contribution is -2.15.